The molecule has 58 valence electrons. The minimum Gasteiger partial charge on any atom is -0.0692 e. The normalized spacial score (nSPS) is 8.70. The van der Waals surface area contributed by atoms with Crippen molar-refractivity contribution in [1.29, 1.82) is 0 Å². The maximum absolute atomic E-state index is 2.20. The predicted octanol–water partition coefficient (Wildman–Crippen LogP) is 0.559. The van der Waals surface area contributed by atoms with E-state index in [2.05, 4.69) is 32.0 Å². The molecule has 0 bridgehead atoms. The molecule has 0 amide bonds. The van der Waals surface area contributed by atoms with Crippen LogP contribution in [0, 0.1) is 13.8 Å². The first-order chi connectivity index (χ1) is 4.18. The standard InChI is InChI=1S/C8H11Si.Cu/c1-6-3-7(2)5-8(9)4-6;/h3-5H,9H2,1-2H3;. The van der Waals surface area contributed by atoms with Crippen molar-refractivity contribution in [1.82, 2.24) is 0 Å². The fourth-order valence-electron chi connectivity index (χ4n) is 1.07. The van der Waals surface area contributed by atoms with Gasteiger partial charge in [-0.2, -0.15) is 0 Å². The first-order valence-corrected chi connectivity index (χ1v) is 3.79. The van der Waals surface area contributed by atoms with Crippen LogP contribution in [-0.4, -0.2) is 10.2 Å². The Labute approximate surface area is 75.9 Å². The van der Waals surface area contributed by atoms with Crippen LogP contribution >= 0.6 is 0 Å². The first kappa shape index (κ1) is 9.96. The van der Waals surface area contributed by atoms with Crippen molar-refractivity contribution in [3.8, 4) is 0 Å². The maximum atomic E-state index is 2.20. The SMILES string of the molecule is Cc1cc(C)cc([SiH2])c1.[Cu]. The van der Waals surface area contributed by atoms with Gasteiger partial charge in [0.2, 0.25) is 0 Å². The number of hydrogen-bond acceptors (Lipinski definition) is 0. The summed E-state index contributed by atoms with van der Waals surface area (Å²) in [5, 5.41) is 1.38. The number of hydrogen-bond donors (Lipinski definition) is 0. The van der Waals surface area contributed by atoms with E-state index >= 15 is 0 Å². The molecule has 0 atom stereocenters. The minimum absolute atomic E-state index is 0. The summed E-state index contributed by atoms with van der Waals surface area (Å²) in [6, 6.07) is 6.59. The van der Waals surface area contributed by atoms with Crippen molar-refractivity contribution in [2.75, 3.05) is 0 Å². The summed E-state index contributed by atoms with van der Waals surface area (Å²) in [6.07, 6.45) is 0. The van der Waals surface area contributed by atoms with E-state index < -0.39 is 0 Å². The van der Waals surface area contributed by atoms with Crippen LogP contribution in [-0.2, 0) is 17.1 Å². The maximum Gasteiger partial charge on any atom is 0.0477 e. The third kappa shape index (κ3) is 2.69. The molecule has 1 aromatic carbocycles. The van der Waals surface area contributed by atoms with E-state index in [4.69, 9.17) is 0 Å². The van der Waals surface area contributed by atoms with Crippen molar-refractivity contribution in [3.05, 3.63) is 29.3 Å². The van der Waals surface area contributed by atoms with E-state index in [0.29, 0.717) is 0 Å². The van der Waals surface area contributed by atoms with Crippen LogP contribution in [0.2, 0.25) is 0 Å². The van der Waals surface area contributed by atoms with Crippen LogP contribution in [0.1, 0.15) is 11.1 Å². The number of benzene rings is 1. The molecule has 1 rings (SSSR count). The molecule has 0 saturated heterocycles. The molecule has 0 unspecified atom stereocenters. The Morgan fingerprint density at radius 1 is 1.00 bits per heavy atom. The summed E-state index contributed by atoms with van der Waals surface area (Å²) >= 11 is 0. The van der Waals surface area contributed by atoms with E-state index in [1.807, 2.05) is 10.2 Å². The second kappa shape index (κ2) is 3.97. The van der Waals surface area contributed by atoms with Gasteiger partial charge in [-0.05, 0) is 13.8 Å². The van der Waals surface area contributed by atoms with Gasteiger partial charge >= 0.3 is 0 Å². The second-order valence-electron chi connectivity index (χ2n) is 2.50. The van der Waals surface area contributed by atoms with E-state index in [1.165, 1.54) is 16.3 Å². The molecule has 0 saturated carbocycles. The largest absolute Gasteiger partial charge is 0.0692 e. The van der Waals surface area contributed by atoms with Gasteiger partial charge in [-0.25, -0.2) is 0 Å². The Bertz CT molecular complexity index is 170. The summed E-state index contributed by atoms with van der Waals surface area (Å²) < 4.78 is 0. The quantitative estimate of drug-likeness (QED) is 0.535. The number of aryl methyl sites for hydroxylation is 2. The Kier molecular flexibility index (Phi) is 3.95. The molecule has 2 heteroatoms. The van der Waals surface area contributed by atoms with Gasteiger partial charge in [0.1, 0.15) is 0 Å². The fourth-order valence-corrected chi connectivity index (χ4v) is 1.71. The minimum atomic E-state index is 0. The van der Waals surface area contributed by atoms with Gasteiger partial charge in [0.15, 0.2) is 0 Å². The third-order valence-electron chi connectivity index (χ3n) is 1.28. The van der Waals surface area contributed by atoms with Gasteiger partial charge in [0.05, 0.1) is 0 Å². The molecule has 0 aromatic heterocycles. The summed E-state index contributed by atoms with van der Waals surface area (Å²) in [6.45, 7) is 4.26. The van der Waals surface area contributed by atoms with Crippen molar-refractivity contribution >= 4 is 15.4 Å². The van der Waals surface area contributed by atoms with Gasteiger partial charge in [0, 0.05) is 27.3 Å². The average molecular weight is 199 g/mol. The van der Waals surface area contributed by atoms with Crippen LogP contribution in [0.4, 0.5) is 0 Å². The molecule has 0 nitrogen and oxygen atoms in total. The Morgan fingerprint density at radius 2 is 1.40 bits per heavy atom. The molecular weight excluding hydrogens is 188 g/mol. The van der Waals surface area contributed by atoms with Crippen molar-refractivity contribution in [2.45, 2.75) is 13.8 Å². The van der Waals surface area contributed by atoms with Crippen molar-refractivity contribution in [2.24, 2.45) is 0 Å². The molecule has 0 aliphatic heterocycles. The van der Waals surface area contributed by atoms with Gasteiger partial charge < -0.3 is 0 Å². The van der Waals surface area contributed by atoms with E-state index in [-0.39, 0.29) is 17.1 Å². The van der Waals surface area contributed by atoms with Crippen molar-refractivity contribution < 1.29 is 17.1 Å². The predicted molar refractivity (Wildman–Crippen MR) is 44.1 cm³/mol. The molecule has 0 aliphatic carbocycles. The summed E-state index contributed by atoms with van der Waals surface area (Å²) in [4.78, 5) is 0. The molecule has 0 aliphatic rings. The van der Waals surface area contributed by atoms with Crippen molar-refractivity contribution in [3.63, 3.8) is 0 Å². The van der Waals surface area contributed by atoms with Crippen LogP contribution < -0.4 is 5.19 Å². The summed E-state index contributed by atoms with van der Waals surface area (Å²) in [5.74, 6) is 0. The van der Waals surface area contributed by atoms with Gasteiger partial charge in [0.25, 0.3) is 0 Å². The Balaban J connectivity index is 0.000000810. The molecule has 0 fully saturated rings. The fraction of sp³-hybridized carbons (Fsp3) is 0.250. The molecule has 10 heavy (non-hydrogen) atoms. The van der Waals surface area contributed by atoms with E-state index in [9.17, 15) is 0 Å². The third-order valence-corrected chi connectivity index (χ3v) is 1.69. The molecule has 1 aromatic rings. The Hall–Kier alpha value is -0.0436. The van der Waals surface area contributed by atoms with Crippen LogP contribution in [0.25, 0.3) is 0 Å². The Morgan fingerprint density at radius 3 is 1.70 bits per heavy atom. The van der Waals surface area contributed by atoms with E-state index in [0.717, 1.165) is 0 Å². The molecular formula is C8H11CuSi. The topological polar surface area (TPSA) is 0 Å². The summed E-state index contributed by atoms with van der Waals surface area (Å²) in [5.41, 5.74) is 2.72. The molecule has 0 N–H and O–H groups in total. The van der Waals surface area contributed by atoms with E-state index in [1.54, 1.807) is 0 Å². The molecule has 2 radical (unpaired) electrons. The molecule has 0 spiro atoms. The summed E-state index contributed by atoms with van der Waals surface area (Å²) in [7, 11) is 1.93. The van der Waals surface area contributed by atoms with Gasteiger partial charge in [-0.15, -0.1) is 0 Å². The molecule has 0 heterocycles. The van der Waals surface area contributed by atoms with Gasteiger partial charge in [-0.1, -0.05) is 34.5 Å². The monoisotopic (exact) mass is 198 g/mol. The first-order valence-electron chi connectivity index (χ1n) is 3.09. The zero-order valence-electron chi connectivity index (χ0n) is 6.24. The zero-order valence-corrected chi connectivity index (χ0v) is 8.60. The van der Waals surface area contributed by atoms with Crippen LogP contribution in [0.15, 0.2) is 18.2 Å². The van der Waals surface area contributed by atoms with Crippen LogP contribution in [0.3, 0.4) is 0 Å². The smallest absolute Gasteiger partial charge is 0.0477 e. The zero-order chi connectivity index (χ0) is 6.85. The second-order valence-corrected chi connectivity index (χ2v) is 3.31. The van der Waals surface area contributed by atoms with Crippen LogP contribution in [0.5, 0.6) is 0 Å². The van der Waals surface area contributed by atoms with Gasteiger partial charge in [-0.3, -0.25) is 0 Å². The average Bonchev–Trinajstić information content (AvgIpc) is 1.59. The number of rotatable bonds is 0.